The highest BCUT2D eigenvalue weighted by Crippen LogP contribution is 2.25. The van der Waals surface area contributed by atoms with Crippen molar-refractivity contribution >= 4 is 11.6 Å². The lowest BCUT2D eigenvalue weighted by Gasteiger charge is -2.15. The summed E-state index contributed by atoms with van der Waals surface area (Å²) in [6.07, 6.45) is 1.79. The van der Waals surface area contributed by atoms with Crippen LogP contribution in [0.2, 0.25) is 0 Å². The summed E-state index contributed by atoms with van der Waals surface area (Å²) < 4.78 is 19.3. The van der Waals surface area contributed by atoms with Gasteiger partial charge in [0.15, 0.2) is 0 Å². The van der Waals surface area contributed by atoms with Crippen LogP contribution in [0.15, 0.2) is 48.5 Å². The minimum Gasteiger partial charge on any atom is -0.489 e. The molecule has 2 rings (SSSR count). The Morgan fingerprint density at radius 3 is 2.62 bits per heavy atom. The van der Waals surface area contributed by atoms with Crippen molar-refractivity contribution < 1.29 is 9.13 Å². The van der Waals surface area contributed by atoms with Gasteiger partial charge in [-0.25, -0.2) is 4.39 Å². The lowest BCUT2D eigenvalue weighted by molar-refractivity contribution is 0.299. The van der Waals surface area contributed by atoms with Gasteiger partial charge in [0, 0.05) is 11.9 Å². The molecule has 0 aliphatic rings. The molecule has 21 heavy (non-hydrogen) atoms. The molecule has 0 aliphatic carbocycles. The third-order valence-electron chi connectivity index (χ3n) is 3.44. The van der Waals surface area contributed by atoms with Crippen molar-refractivity contribution in [1.29, 1.82) is 0 Å². The van der Waals surface area contributed by atoms with Crippen molar-refractivity contribution in [2.75, 3.05) is 5.88 Å². The molecule has 0 amide bonds. The van der Waals surface area contributed by atoms with Crippen LogP contribution >= 0.6 is 11.6 Å². The second-order valence-electron chi connectivity index (χ2n) is 5.31. The summed E-state index contributed by atoms with van der Waals surface area (Å²) in [6, 6.07) is 14.6. The Bertz CT molecular complexity index is 556. The first-order valence-corrected chi connectivity index (χ1v) is 7.73. The topological polar surface area (TPSA) is 9.23 Å². The zero-order valence-electron chi connectivity index (χ0n) is 12.2. The molecule has 0 spiro atoms. The summed E-state index contributed by atoms with van der Waals surface area (Å²) >= 11 is 5.78. The quantitative estimate of drug-likeness (QED) is 0.638. The van der Waals surface area contributed by atoms with Crippen LogP contribution in [0.5, 0.6) is 5.75 Å². The molecule has 112 valence electrons. The predicted octanol–water partition coefficient (Wildman–Crippen LogP) is 5.21. The van der Waals surface area contributed by atoms with Gasteiger partial charge in [-0.3, -0.25) is 0 Å². The summed E-state index contributed by atoms with van der Waals surface area (Å²) in [6.45, 7) is 2.59. The van der Waals surface area contributed by atoms with E-state index in [4.69, 9.17) is 16.3 Å². The Hall–Kier alpha value is -1.54. The van der Waals surface area contributed by atoms with E-state index in [0.717, 1.165) is 24.0 Å². The van der Waals surface area contributed by atoms with Crippen LogP contribution in [0.3, 0.4) is 0 Å². The van der Waals surface area contributed by atoms with Crippen molar-refractivity contribution in [2.45, 2.75) is 26.4 Å². The molecule has 0 N–H and O–H groups in total. The first kappa shape index (κ1) is 15.8. The molecular formula is C18H20ClFO. The maximum absolute atomic E-state index is 13.5. The van der Waals surface area contributed by atoms with Crippen LogP contribution in [-0.2, 0) is 13.0 Å². The van der Waals surface area contributed by atoms with Crippen LogP contribution in [0, 0.1) is 11.7 Å². The van der Waals surface area contributed by atoms with Gasteiger partial charge in [-0.2, -0.15) is 0 Å². The monoisotopic (exact) mass is 306 g/mol. The third kappa shape index (κ3) is 5.05. The fourth-order valence-corrected chi connectivity index (χ4v) is 2.60. The Balaban J connectivity index is 2.08. The number of alkyl halides is 1. The fraction of sp³-hybridized carbons (Fsp3) is 0.333. The molecule has 0 fully saturated rings. The number of halogens is 2. The van der Waals surface area contributed by atoms with E-state index >= 15 is 0 Å². The average molecular weight is 307 g/mol. The standard InChI is InChI=1S/C18H20ClFO/c1-14(9-10-19)11-16-7-8-17(20)12-18(16)21-13-15-5-3-2-4-6-15/h2-8,12,14H,9-11,13H2,1H3. The van der Waals surface area contributed by atoms with Gasteiger partial charge in [-0.1, -0.05) is 43.3 Å². The molecule has 1 nitrogen and oxygen atoms in total. The summed E-state index contributed by atoms with van der Waals surface area (Å²) in [5, 5.41) is 0. The molecule has 0 saturated carbocycles. The lowest BCUT2D eigenvalue weighted by Crippen LogP contribution is -2.04. The summed E-state index contributed by atoms with van der Waals surface area (Å²) in [5.41, 5.74) is 2.10. The van der Waals surface area contributed by atoms with E-state index in [9.17, 15) is 4.39 Å². The van der Waals surface area contributed by atoms with Crippen LogP contribution in [-0.4, -0.2) is 5.88 Å². The third-order valence-corrected chi connectivity index (χ3v) is 3.65. The zero-order chi connectivity index (χ0) is 15.1. The molecule has 0 aromatic heterocycles. The van der Waals surface area contributed by atoms with Gasteiger partial charge < -0.3 is 4.74 Å². The second-order valence-corrected chi connectivity index (χ2v) is 5.69. The van der Waals surface area contributed by atoms with E-state index in [1.165, 1.54) is 12.1 Å². The van der Waals surface area contributed by atoms with Crippen molar-refractivity contribution in [3.05, 3.63) is 65.5 Å². The van der Waals surface area contributed by atoms with E-state index in [0.29, 0.717) is 24.2 Å². The molecule has 2 aromatic carbocycles. The van der Waals surface area contributed by atoms with Gasteiger partial charge in [0.1, 0.15) is 18.2 Å². The van der Waals surface area contributed by atoms with Crippen molar-refractivity contribution in [3.8, 4) is 5.75 Å². The first-order valence-electron chi connectivity index (χ1n) is 7.20. The van der Waals surface area contributed by atoms with Crippen molar-refractivity contribution in [2.24, 2.45) is 5.92 Å². The van der Waals surface area contributed by atoms with Crippen LogP contribution in [0.25, 0.3) is 0 Å². The SMILES string of the molecule is CC(CCCl)Cc1ccc(F)cc1OCc1ccccc1. The Morgan fingerprint density at radius 1 is 1.14 bits per heavy atom. The first-order chi connectivity index (χ1) is 10.2. The molecule has 2 aromatic rings. The fourth-order valence-electron chi connectivity index (χ4n) is 2.23. The Morgan fingerprint density at radius 2 is 1.90 bits per heavy atom. The summed E-state index contributed by atoms with van der Waals surface area (Å²) in [4.78, 5) is 0. The van der Waals surface area contributed by atoms with E-state index in [-0.39, 0.29) is 5.82 Å². The van der Waals surface area contributed by atoms with E-state index in [1.54, 1.807) is 6.07 Å². The Kier molecular flexibility index (Phi) is 6.06. The van der Waals surface area contributed by atoms with Gasteiger partial charge in [0.05, 0.1) is 0 Å². The number of benzene rings is 2. The molecule has 1 atom stereocenters. The van der Waals surface area contributed by atoms with Gasteiger partial charge in [0.25, 0.3) is 0 Å². The highest BCUT2D eigenvalue weighted by Gasteiger charge is 2.10. The normalized spacial score (nSPS) is 12.1. The smallest absolute Gasteiger partial charge is 0.126 e. The van der Waals surface area contributed by atoms with Gasteiger partial charge in [0.2, 0.25) is 0 Å². The molecular weight excluding hydrogens is 287 g/mol. The van der Waals surface area contributed by atoms with Crippen LogP contribution < -0.4 is 4.74 Å². The highest BCUT2D eigenvalue weighted by molar-refractivity contribution is 6.17. The van der Waals surface area contributed by atoms with Crippen molar-refractivity contribution in [3.63, 3.8) is 0 Å². The molecule has 0 aliphatic heterocycles. The van der Waals surface area contributed by atoms with Gasteiger partial charge in [-0.15, -0.1) is 11.6 Å². The second kappa shape index (κ2) is 8.04. The number of hydrogen-bond donors (Lipinski definition) is 0. The average Bonchev–Trinajstić information content (AvgIpc) is 2.49. The van der Waals surface area contributed by atoms with Gasteiger partial charge in [-0.05, 0) is 36.0 Å². The molecule has 3 heteroatoms. The molecule has 0 bridgehead atoms. The number of hydrogen-bond acceptors (Lipinski definition) is 1. The molecule has 1 unspecified atom stereocenters. The predicted molar refractivity (Wildman–Crippen MR) is 85.4 cm³/mol. The Labute approximate surface area is 130 Å². The maximum atomic E-state index is 13.5. The summed E-state index contributed by atoms with van der Waals surface area (Å²) in [5.74, 6) is 1.45. The van der Waals surface area contributed by atoms with E-state index in [2.05, 4.69) is 6.92 Å². The maximum Gasteiger partial charge on any atom is 0.126 e. The largest absolute Gasteiger partial charge is 0.489 e. The van der Waals surface area contributed by atoms with E-state index < -0.39 is 0 Å². The van der Waals surface area contributed by atoms with Crippen LogP contribution in [0.4, 0.5) is 4.39 Å². The molecule has 0 saturated heterocycles. The van der Waals surface area contributed by atoms with Gasteiger partial charge >= 0.3 is 0 Å². The van der Waals surface area contributed by atoms with Crippen molar-refractivity contribution in [1.82, 2.24) is 0 Å². The minimum absolute atomic E-state index is 0.271. The number of rotatable bonds is 7. The minimum atomic E-state index is -0.271. The van der Waals surface area contributed by atoms with E-state index in [1.807, 2.05) is 30.3 Å². The zero-order valence-corrected chi connectivity index (χ0v) is 12.9. The highest BCUT2D eigenvalue weighted by atomic mass is 35.5. The molecule has 0 radical (unpaired) electrons. The van der Waals surface area contributed by atoms with Crippen LogP contribution in [0.1, 0.15) is 24.5 Å². The summed E-state index contributed by atoms with van der Waals surface area (Å²) in [7, 11) is 0. The lowest BCUT2D eigenvalue weighted by atomic mass is 9.98. The number of ether oxygens (including phenoxy) is 1. The molecule has 0 heterocycles.